The molecule has 0 saturated heterocycles. The van der Waals surface area contributed by atoms with Crippen LogP contribution in [0.15, 0.2) is 34.9 Å². The van der Waals surface area contributed by atoms with Crippen molar-refractivity contribution in [2.45, 2.75) is 13.5 Å². The Morgan fingerprint density at radius 3 is 2.71 bits per heavy atom. The van der Waals surface area contributed by atoms with E-state index in [4.69, 9.17) is 16.0 Å². The quantitative estimate of drug-likeness (QED) is 0.640. The Morgan fingerprint density at radius 1 is 1.43 bits per heavy atom. The molecule has 0 fully saturated rings. The monoisotopic (exact) mass is 308 g/mol. The number of furan rings is 1. The Labute approximate surface area is 126 Å². The van der Waals surface area contributed by atoms with E-state index in [0.29, 0.717) is 6.54 Å². The summed E-state index contributed by atoms with van der Waals surface area (Å²) in [7, 11) is 1.60. The van der Waals surface area contributed by atoms with E-state index in [1.54, 1.807) is 26.3 Å². The van der Waals surface area contributed by atoms with Gasteiger partial charge in [0.1, 0.15) is 5.76 Å². The summed E-state index contributed by atoms with van der Waals surface area (Å²) in [6, 6.07) is 5.57. The number of halogens is 1. The van der Waals surface area contributed by atoms with E-state index in [2.05, 4.69) is 0 Å². The molecule has 6 nitrogen and oxygen atoms in total. The van der Waals surface area contributed by atoms with Crippen LogP contribution in [0, 0.1) is 17.0 Å². The van der Waals surface area contributed by atoms with E-state index < -0.39 is 4.92 Å². The lowest BCUT2D eigenvalue weighted by Crippen LogP contribution is -2.26. The van der Waals surface area contributed by atoms with Gasteiger partial charge in [-0.25, -0.2) is 0 Å². The van der Waals surface area contributed by atoms with Gasteiger partial charge in [-0.2, -0.15) is 0 Å². The van der Waals surface area contributed by atoms with Gasteiger partial charge in [0.05, 0.1) is 21.8 Å². The first kappa shape index (κ1) is 15.1. The van der Waals surface area contributed by atoms with Crippen molar-refractivity contribution < 1.29 is 14.1 Å². The normalized spacial score (nSPS) is 10.4. The number of nitrogens with zero attached hydrogens (tertiary/aromatic N) is 2. The number of hydrogen-bond acceptors (Lipinski definition) is 4. The Balaban J connectivity index is 2.25. The molecule has 0 spiro atoms. The zero-order valence-electron chi connectivity index (χ0n) is 11.5. The van der Waals surface area contributed by atoms with Gasteiger partial charge in [-0.15, -0.1) is 0 Å². The van der Waals surface area contributed by atoms with E-state index in [1.807, 2.05) is 0 Å². The second kappa shape index (κ2) is 5.97. The summed E-state index contributed by atoms with van der Waals surface area (Å²) >= 11 is 5.96. The minimum Gasteiger partial charge on any atom is -0.469 e. The van der Waals surface area contributed by atoms with Crippen molar-refractivity contribution in [2.75, 3.05) is 7.05 Å². The van der Waals surface area contributed by atoms with Gasteiger partial charge in [0, 0.05) is 31.3 Å². The van der Waals surface area contributed by atoms with Crippen LogP contribution in [0.25, 0.3) is 0 Å². The van der Waals surface area contributed by atoms with Crippen molar-refractivity contribution in [1.82, 2.24) is 4.90 Å². The highest BCUT2D eigenvalue weighted by atomic mass is 35.5. The highest BCUT2D eigenvalue weighted by Crippen LogP contribution is 2.24. The van der Waals surface area contributed by atoms with Gasteiger partial charge in [-0.1, -0.05) is 11.6 Å². The molecule has 0 atom stereocenters. The molecular formula is C14H13ClN2O4. The summed E-state index contributed by atoms with van der Waals surface area (Å²) in [6.07, 6.45) is 1.54. The maximum Gasteiger partial charge on any atom is 0.270 e. The summed E-state index contributed by atoms with van der Waals surface area (Å²) in [5.41, 5.74) is 0.803. The number of hydrogen-bond donors (Lipinski definition) is 0. The molecule has 7 heteroatoms. The number of rotatable bonds is 4. The number of non-ortho nitro benzene ring substituents is 1. The average molecular weight is 309 g/mol. The fraction of sp³-hybridized carbons (Fsp3) is 0.214. The minimum absolute atomic E-state index is 0.106. The van der Waals surface area contributed by atoms with E-state index in [9.17, 15) is 14.9 Å². The van der Waals surface area contributed by atoms with E-state index in [1.165, 1.54) is 23.1 Å². The lowest BCUT2D eigenvalue weighted by atomic mass is 10.1. The molecule has 2 aromatic rings. The van der Waals surface area contributed by atoms with Gasteiger partial charge in [0.15, 0.2) is 0 Å². The van der Waals surface area contributed by atoms with Gasteiger partial charge in [-0.05, 0) is 19.1 Å². The topological polar surface area (TPSA) is 76.6 Å². The smallest absolute Gasteiger partial charge is 0.270 e. The van der Waals surface area contributed by atoms with E-state index in [0.717, 1.165) is 11.3 Å². The van der Waals surface area contributed by atoms with Crippen molar-refractivity contribution in [3.8, 4) is 0 Å². The lowest BCUT2D eigenvalue weighted by molar-refractivity contribution is -0.384. The predicted molar refractivity (Wildman–Crippen MR) is 77.3 cm³/mol. The van der Waals surface area contributed by atoms with Gasteiger partial charge in [0.25, 0.3) is 11.6 Å². The largest absolute Gasteiger partial charge is 0.469 e. The SMILES string of the molecule is Cc1occc1CN(C)C(=O)c1cc([N+](=O)[O-])ccc1Cl. The van der Waals surface area contributed by atoms with Gasteiger partial charge in [0.2, 0.25) is 0 Å². The van der Waals surface area contributed by atoms with Gasteiger partial charge in [-0.3, -0.25) is 14.9 Å². The third kappa shape index (κ3) is 3.22. The zero-order chi connectivity index (χ0) is 15.6. The molecule has 0 aliphatic rings. The van der Waals surface area contributed by atoms with Crippen LogP contribution < -0.4 is 0 Å². The first-order valence-corrected chi connectivity index (χ1v) is 6.50. The second-order valence-corrected chi connectivity index (χ2v) is 4.99. The highest BCUT2D eigenvalue weighted by Gasteiger charge is 2.20. The molecule has 1 amide bonds. The Hall–Kier alpha value is -2.34. The maximum atomic E-state index is 12.4. The van der Waals surface area contributed by atoms with Crippen molar-refractivity contribution >= 4 is 23.2 Å². The number of amides is 1. The second-order valence-electron chi connectivity index (χ2n) is 4.58. The molecule has 21 heavy (non-hydrogen) atoms. The average Bonchev–Trinajstić information content (AvgIpc) is 2.83. The summed E-state index contributed by atoms with van der Waals surface area (Å²) in [4.78, 5) is 24.0. The number of benzene rings is 1. The molecule has 0 unspecified atom stereocenters. The van der Waals surface area contributed by atoms with Crippen LogP contribution >= 0.6 is 11.6 Å². The fourth-order valence-electron chi connectivity index (χ4n) is 1.90. The predicted octanol–water partition coefficient (Wildman–Crippen LogP) is 3.42. The molecule has 0 aliphatic carbocycles. The summed E-state index contributed by atoms with van der Waals surface area (Å²) < 4.78 is 5.17. The molecule has 0 aliphatic heterocycles. The molecular weight excluding hydrogens is 296 g/mol. The number of carbonyl (C=O) groups is 1. The molecule has 110 valence electrons. The molecule has 0 saturated carbocycles. The van der Waals surface area contributed by atoms with Crippen LogP contribution in [-0.2, 0) is 6.54 Å². The Kier molecular flexibility index (Phi) is 4.28. The van der Waals surface area contributed by atoms with Crippen LogP contribution in [0.5, 0.6) is 0 Å². The van der Waals surface area contributed by atoms with Gasteiger partial charge < -0.3 is 9.32 Å². The molecule has 1 aromatic carbocycles. The molecule has 1 aromatic heterocycles. The van der Waals surface area contributed by atoms with E-state index in [-0.39, 0.29) is 22.2 Å². The molecule has 0 radical (unpaired) electrons. The Bertz CT molecular complexity index is 696. The number of carbonyl (C=O) groups excluding carboxylic acids is 1. The lowest BCUT2D eigenvalue weighted by Gasteiger charge is -2.17. The van der Waals surface area contributed by atoms with E-state index >= 15 is 0 Å². The standard InChI is InChI=1S/C14H13ClN2O4/c1-9-10(5-6-21-9)8-16(2)14(18)12-7-11(17(19)20)3-4-13(12)15/h3-7H,8H2,1-2H3. The van der Waals surface area contributed by atoms with Crippen molar-refractivity contribution in [3.05, 3.63) is 62.6 Å². The van der Waals surface area contributed by atoms with Gasteiger partial charge >= 0.3 is 0 Å². The molecule has 2 rings (SSSR count). The maximum absolute atomic E-state index is 12.4. The number of aryl methyl sites for hydroxylation is 1. The third-order valence-corrected chi connectivity index (χ3v) is 3.44. The van der Waals surface area contributed by atoms with Crippen LogP contribution in [0.2, 0.25) is 5.02 Å². The van der Waals surface area contributed by atoms with Crippen LogP contribution in [-0.4, -0.2) is 22.8 Å². The first-order valence-electron chi connectivity index (χ1n) is 6.12. The van der Waals surface area contributed by atoms with Crippen molar-refractivity contribution in [3.63, 3.8) is 0 Å². The fourth-order valence-corrected chi connectivity index (χ4v) is 2.10. The van der Waals surface area contributed by atoms with Crippen molar-refractivity contribution in [1.29, 1.82) is 0 Å². The summed E-state index contributed by atoms with van der Waals surface area (Å²) in [5, 5.41) is 11.0. The van der Waals surface area contributed by atoms with Crippen LogP contribution in [0.3, 0.4) is 0 Å². The van der Waals surface area contributed by atoms with Crippen LogP contribution in [0.4, 0.5) is 5.69 Å². The number of nitro groups is 1. The van der Waals surface area contributed by atoms with Crippen LogP contribution in [0.1, 0.15) is 21.7 Å². The van der Waals surface area contributed by atoms with Crippen molar-refractivity contribution in [2.24, 2.45) is 0 Å². The number of nitro benzene ring substituents is 1. The zero-order valence-corrected chi connectivity index (χ0v) is 12.3. The molecule has 1 heterocycles. The minimum atomic E-state index is -0.562. The third-order valence-electron chi connectivity index (χ3n) is 3.11. The highest BCUT2D eigenvalue weighted by molar-refractivity contribution is 6.33. The summed E-state index contributed by atoms with van der Waals surface area (Å²) in [5.74, 6) is 0.337. The molecule has 0 N–H and O–H groups in total. The summed E-state index contributed by atoms with van der Waals surface area (Å²) in [6.45, 7) is 2.13. The Morgan fingerprint density at radius 2 is 2.14 bits per heavy atom. The first-order chi connectivity index (χ1) is 9.90. The molecule has 0 bridgehead atoms.